The van der Waals surface area contributed by atoms with Crippen LogP contribution in [0, 0.1) is 11.3 Å². The van der Waals surface area contributed by atoms with E-state index in [9.17, 15) is 14.7 Å². The first-order valence-electron chi connectivity index (χ1n) is 7.31. The summed E-state index contributed by atoms with van der Waals surface area (Å²) in [5, 5.41) is 19.2. The van der Waals surface area contributed by atoms with Crippen LogP contribution in [0.1, 0.15) is 35.8 Å². The van der Waals surface area contributed by atoms with E-state index in [2.05, 4.69) is 9.97 Å². The predicted molar refractivity (Wildman–Crippen MR) is 84.0 cm³/mol. The first-order valence-corrected chi connectivity index (χ1v) is 7.31. The minimum absolute atomic E-state index is 0.0786. The number of hydrogen-bond donors (Lipinski definition) is 1. The van der Waals surface area contributed by atoms with E-state index in [0.29, 0.717) is 11.4 Å². The quantitative estimate of drug-likeness (QED) is 0.640. The van der Waals surface area contributed by atoms with Crippen molar-refractivity contribution in [2.24, 2.45) is 0 Å². The van der Waals surface area contributed by atoms with E-state index in [1.54, 1.807) is 31.3 Å². The fourth-order valence-electron chi connectivity index (χ4n) is 2.03. The summed E-state index contributed by atoms with van der Waals surface area (Å²) < 4.78 is 4.76. The Hall–Kier alpha value is -3.27. The van der Waals surface area contributed by atoms with Gasteiger partial charge in [0.25, 0.3) is 0 Å². The predicted octanol–water partition coefficient (Wildman–Crippen LogP) is 2.25. The van der Waals surface area contributed by atoms with Gasteiger partial charge in [0.1, 0.15) is 11.8 Å². The first-order chi connectivity index (χ1) is 11.6. The number of Topliss-reactive ketones (excluding diaryl/α,β-unsaturated/α-hetero) is 1. The highest BCUT2D eigenvalue weighted by molar-refractivity contribution is 5.99. The smallest absolute Gasteiger partial charge is 0.306 e. The van der Waals surface area contributed by atoms with Gasteiger partial charge in [-0.15, -0.1) is 0 Å². The van der Waals surface area contributed by atoms with Crippen LogP contribution in [-0.2, 0) is 9.53 Å². The first kappa shape index (κ1) is 17.1. The number of rotatable bonds is 6. The molecule has 24 heavy (non-hydrogen) atoms. The van der Waals surface area contributed by atoms with Crippen LogP contribution >= 0.6 is 0 Å². The number of carbonyl (C=O) groups is 2. The van der Waals surface area contributed by atoms with Gasteiger partial charge in [-0.25, -0.2) is 4.98 Å². The number of carbonyl (C=O) groups excluding carboxylic acids is 2. The SMILES string of the molecule is CCOC(=O)CCC(=O)c1nc(-c2ccccn2)cc(C#N)c1O. The van der Waals surface area contributed by atoms with Crippen LogP contribution in [0.15, 0.2) is 30.5 Å². The van der Waals surface area contributed by atoms with Crippen LogP contribution in [0.5, 0.6) is 5.75 Å². The zero-order valence-electron chi connectivity index (χ0n) is 13.0. The Kier molecular flexibility index (Phi) is 5.58. The second kappa shape index (κ2) is 7.83. The minimum atomic E-state index is -0.546. The van der Waals surface area contributed by atoms with E-state index < -0.39 is 17.5 Å². The summed E-state index contributed by atoms with van der Waals surface area (Å²) >= 11 is 0. The maximum absolute atomic E-state index is 12.3. The molecule has 0 unspecified atom stereocenters. The largest absolute Gasteiger partial charge is 0.504 e. The van der Waals surface area contributed by atoms with Crippen molar-refractivity contribution >= 4 is 11.8 Å². The van der Waals surface area contributed by atoms with Gasteiger partial charge >= 0.3 is 5.97 Å². The van der Waals surface area contributed by atoms with Crippen molar-refractivity contribution in [3.8, 4) is 23.2 Å². The summed E-state index contributed by atoms with van der Waals surface area (Å²) in [5.74, 6) is -1.55. The van der Waals surface area contributed by atoms with Gasteiger partial charge < -0.3 is 9.84 Å². The third-order valence-corrected chi connectivity index (χ3v) is 3.17. The molecule has 0 radical (unpaired) electrons. The lowest BCUT2D eigenvalue weighted by atomic mass is 10.1. The molecule has 122 valence electrons. The number of hydrogen-bond acceptors (Lipinski definition) is 7. The lowest BCUT2D eigenvalue weighted by Gasteiger charge is -2.08. The zero-order chi connectivity index (χ0) is 17.5. The molecule has 0 amide bonds. The summed E-state index contributed by atoms with van der Waals surface area (Å²) in [6.45, 7) is 1.90. The number of nitriles is 1. The second-order valence-electron chi connectivity index (χ2n) is 4.81. The van der Waals surface area contributed by atoms with Crippen molar-refractivity contribution < 1.29 is 19.4 Å². The van der Waals surface area contributed by atoms with Crippen molar-refractivity contribution in [2.75, 3.05) is 6.61 Å². The van der Waals surface area contributed by atoms with E-state index in [0.717, 1.165) is 0 Å². The van der Waals surface area contributed by atoms with Crippen LogP contribution in [0.4, 0.5) is 0 Å². The highest BCUT2D eigenvalue weighted by Crippen LogP contribution is 2.27. The molecule has 2 heterocycles. The van der Waals surface area contributed by atoms with Crippen molar-refractivity contribution in [1.29, 1.82) is 5.26 Å². The summed E-state index contributed by atoms with van der Waals surface area (Å²) in [7, 11) is 0. The molecule has 1 N–H and O–H groups in total. The molecule has 7 heteroatoms. The van der Waals surface area contributed by atoms with Gasteiger partial charge in [-0.3, -0.25) is 14.6 Å². The summed E-state index contributed by atoms with van der Waals surface area (Å²) in [6, 6.07) is 8.32. The van der Waals surface area contributed by atoms with Crippen molar-refractivity contribution in [3.05, 3.63) is 41.7 Å². The van der Waals surface area contributed by atoms with Gasteiger partial charge in [-0.05, 0) is 25.1 Å². The maximum Gasteiger partial charge on any atom is 0.306 e. The molecule has 0 saturated carbocycles. The molecule has 0 aliphatic carbocycles. The molecular formula is C17H15N3O4. The lowest BCUT2D eigenvalue weighted by molar-refractivity contribution is -0.143. The lowest BCUT2D eigenvalue weighted by Crippen LogP contribution is -2.10. The average molecular weight is 325 g/mol. The molecule has 0 aromatic carbocycles. The number of aromatic nitrogens is 2. The maximum atomic E-state index is 12.3. The Labute approximate surface area is 138 Å². The Morgan fingerprint density at radius 1 is 1.29 bits per heavy atom. The molecule has 0 spiro atoms. The molecule has 2 rings (SSSR count). The molecule has 0 fully saturated rings. The monoisotopic (exact) mass is 325 g/mol. The molecule has 2 aromatic rings. The van der Waals surface area contributed by atoms with Crippen LogP contribution in [-0.4, -0.2) is 33.4 Å². The third-order valence-electron chi connectivity index (χ3n) is 3.17. The number of ketones is 1. The molecule has 7 nitrogen and oxygen atoms in total. The highest BCUT2D eigenvalue weighted by atomic mass is 16.5. The van der Waals surface area contributed by atoms with Crippen molar-refractivity contribution in [2.45, 2.75) is 19.8 Å². The van der Waals surface area contributed by atoms with Gasteiger partial charge in [-0.2, -0.15) is 5.26 Å². The molecule has 0 bridgehead atoms. The van der Waals surface area contributed by atoms with Crippen LogP contribution in [0.25, 0.3) is 11.4 Å². The average Bonchev–Trinajstić information content (AvgIpc) is 2.61. The Morgan fingerprint density at radius 2 is 2.08 bits per heavy atom. The van der Waals surface area contributed by atoms with Crippen molar-refractivity contribution in [3.63, 3.8) is 0 Å². The Bertz CT molecular complexity index is 797. The molecular weight excluding hydrogens is 310 g/mol. The third kappa shape index (κ3) is 3.93. The molecule has 0 aliphatic rings. The minimum Gasteiger partial charge on any atom is -0.504 e. The van der Waals surface area contributed by atoms with Gasteiger partial charge in [0.15, 0.2) is 11.5 Å². The van der Waals surface area contributed by atoms with Crippen molar-refractivity contribution in [1.82, 2.24) is 9.97 Å². The molecule has 2 aromatic heterocycles. The van der Waals surface area contributed by atoms with Gasteiger partial charge in [0.05, 0.1) is 30.0 Å². The van der Waals surface area contributed by atoms with Crippen LogP contribution in [0.2, 0.25) is 0 Å². The number of ether oxygens (including phenoxy) is 1. The van der Waals surface area contributed by atoms with E-state index in [1.807, 2.05) is 6.07 Å². The van der Waals surface area contributed by atoms with Crippen LogP contribution in [0.3, 0.4) is 0 Å². The number of aromatic hydroxyl groups is 1. The summed E-state index contributed by atoms with van der Waals surface area (Å²) in [4.78, 5) is 31.8. The number of pyridine rings is 2. The summed E-state index contributed by atoms with van der Waals surface area (Å²) in [5.41, 5.74) is 0.432. The van der Waals surface area contributed by atoms with E-state index in [1.165, 1.54) is 6.07 Å². The number of esters is 1. The Morgan fingerprint density at radius 3 is 2.71 bits per heavy atom. The molecule has 0 saturated heterocycles. The van der Waals surface area contributed by atoms with E-state index in [-0.39, 0.29) is 30.7 Å². The van der Waals surface area contributed by atoms with Gasteiger partial charge in [-0.1, -0.05) is 6.07 Å². The van der Waals surface area contributed by atoms with E-state index in [4.69, 9.17) is 10.00 Å². The standard InChI is InChI=1S/C17H15N3O4/c1-2-24-15(22)7-6-14(21)16-17(23)11(10-18)9-13(20-16)12-5-3-4-8-19-12/h3-5,8-9,23H,2,6-7H2,1H3. The highest BCUT2D eigenvalue weighted by Gasteiger charge is 2.20. The molecule has 0 atom stereocenters. The molecule has 0 aliphatic heterocycles. The normalized spacial score (nSPS) is 10.0. The van der Waals surface area contributed by atoms with E-state index >= 15 is 0 Å². The van der Waals surface area contributed by atoms with Crippen LogP contribution < -0.4 is 0 Å². The van der Waals surface area contributed by atoms with Gasteiger partial charge in [0.2, 0.25) is 0 Å². The fourth-order valence-corrected chi connectivity index (χ4v) is 2.03. The topological polar surface area (TPSA) is 113 Å². The Balaban J connectivity index is 2.33. The number of nitrogens with zero attached hydrogens (tertiary/aromatic N) is 3. The second-order valence-corrected chi connectivity index (χ2v) is 4.81. The zero-order valence-corrected chi connectivity index (χ0v) is 13.0. The van der Waals surface area contributed by atoms with Gasteiger partial charge in [0, 0.05) is 12.6 Å². The summed E-state index contributed by atoms with van der Waals surface area (Å²) in [6.07, 6.45) is 1.26. The fraction of sp³-hybridized carbons (Fsp3) is 0.235.